The minimum absolute atomic E-state index is 0.0686. The fraction of sp³-hybridized carbons (Fsp3) is 0.512. The lowest BCUT2D eigenvalue weighted by Crippen LogP contribution is -2.31. The maximum Gasteiger partial charge on any atom is 0.193 e. The molecule has 16 heteroatoms. The molecule has 12 rings (SSSR count). The highest BCUT2D eigenvalue weighted by atomic mass is 16.6. The average molecular weight is 1330 g/mol. The highest BCUT2D eigenvalue weighted by molar-refractivity contribution is 5.79. The van der Waals surface area contributed by atoms with E-state index < -0.39 is 27.1 Å². The smallest absolute Gasteiger partial charge is 0.193 e. The van der Waals surface area contributed by atoms with E-state index in [1.54, 1.807) is 0 Å². The minimum Gasteiger partial charge on any atom is -0.487 e. The Morgan fingerprint density at radius 3 is 0.806 bits per heavy atom. The van der Waals surface area contributed by atoms with Crippen LogP contribution in [0.5, 0.6) is 92.0 Å². The van der Waals surface area contributed by atoms with Crippen LogP contribution in [0.15, 0.2) is 48.5 Å². The van der Waals surface area contributed by atoms with Gasteiger partial charge in [0.05, 0.1) is 48.8 Å². The number of ether oxygens (including phenoxy) is 12. The number of hydrogen-bond donors (Lipinski definition) is 0. The number of nitriles is 4. The molecule has 6 aromatic rings. The number of benzene rings is 6. The van der Waals surface area contributed by atoms with Crippen LogP contribution in [0, 0.1) is 45.3 Å². The van der Waals surface area contributed by atoms with Gasteiger partial charge in [0.2, 0.25) is 0 Å². The fourth-order valence-electron chi connectivity index (χ4n) is 17.0. The Bertz CT molecular complexity index is 4450. The van der Waals surface area contributed by atoms with Gasteiger partial charge in [-0.05, 0) is 264 Å². The predicted molar refractivity (Wildman–Crippen MR) is 374 cm³/mol. The first-order valence-electron chi connectivity index (χ1n) is 34.9. The SMILES string of the molecule is CC(C)Oc1cc2c(cc1OC(C)C)C1(CC2(C)C)CC(C)(CCC2(C)CC3(CC(C)(C)c4cc5c(cc43)Oc3c(C#N)c(OC(C)C)c(OC(C)C)c(C#N)c3O5)c3cc(OC(C)C)c(OC(C)C)cc32)c2cc3c(cc21)Oc1c(C#N)c(OC(C)C)c(OC(C)C)c(C#N)c1O3. The quantitative estimate of drug-likeness (QED) is 0.0738. The van der Waals surface area contributed by atoms with Crippen LogP contribution in [-0.4, -0.2) is 48.8 Å². The van der Waals surface area contributed by atoms with Gasteiger partial charge in [-0.3, -0.25) is 0 Å². The fourth-order valence-corrected chi connectivity index (χ4v) is 17.0. The summed E-state index contributed by atoms with van der Waals surface area (Å²) in [5.74, 6) is 5.29. The van der Waals surface area contributed by atoms with Crippen molar-refractivity contribution < 1.29 is 56.8 Å². The van der Waals surface area contributed by atoms with Crippen LogP contribution >= 0.6 is 0 Å². The summed E-state index contributed by atoms with van der Waals surface area (Å²) in [4.78, 5) is 0. The molecule has 16 nitrogen and oxygen atoms in total. The normalized spacial score (nSPS) is 21.2. The highest BCUT2D eigenvalue weighted by Crippen LogP contribution is 2.71. The van der Waals surface area contributed by atoms with E-state index in [9.17, 15) is 21.0 Å². The minimum atomic E-state index is -0.618. The molecule has 0 bridgehead atoms. The molecule has 0 amide bonds. The second kappa shape index (κ2) is 24.4. The first-order valence-corrected chi connectivity index (χ1v) is 34.9. The molecule has 0 saturated carbocycles. The zero-order chi connectivity index (χ0) is 71.0. The Hall–Kier alpha value is -9.12. The summed E-state index contributed by atoms with van der Waals surface area (Å²) in [6, 6.07) is 26.7. The van der Waals surface area contributed by atoms with Crippen molar-refractivity contribution >= 4 is 0 Å². The first kappa shape index (κ1) is 68.8. The van der Waals surface area contributed by atoms with Gasteiger partial charge in [0.15, 0.2) is 92.0 Å². The first-order chi connectivity index (χ1) is 46.0. The van der Waals surface area contributed by atoms with Crippen LogP contribution in [0.1, 0.15) is 258 Å². The largest absolute Gasteiger partial charge is 0.487 e. The molecule has 0 radical (unpaired) electrons. The molecule has 4 unspecified atom stereocenters. The van der Waals surface area contributed by atoms with Gasteiger partial charge in [-0.15, -0.1) is 0 Å². The van der Waals surface area contributed by atoms with E-state index >= 15 is 0 Å². The molecular formula is C82H94N4O12. The molecule has 2 heterocycles. The van der Waals surface area contributed by atoms with Crippen LogP contribution < -0.4 is 56.8 Å². The van der Waals surface area contributed by atoms with E-state index in [0.29, 0.717) is 65.3 Å². The molecule has 4 aliphatic carbocycles. The van der Waals surface area contributed by atoms with E-state index in [1.165, 1.54) is 11.1 Å². The van der Waals surface area contributed by atoms with Crippen molar-refractivity contribution in [2.24, 2.45) is 0 Å². The van der Waals surface area contributed by atoms with Crippen molar-refractivity contribution in [3.63, 3.8) is 0 Å². The molecule has 0 saturated heterocycles. The number of fused-ring (bicyclic) bond motifs is 12. The van der Waals surface area contributed by atoms with Crippen molar-refractivity contribution in [3.8, 4) is 116 Å². The number of rotatable bonds is 19. The summed E-state index contributed by atoms with van der Waals surface area (Å²) in [7, 11) is 0. The standard InChI is InChI=1S/C82H94N4O12/c1-41(2)87-61-25-53-57(29-63(61)89-43(5)6)81(37-77(53,17)18)40-80(22,56-28-66-68(32-60(56)81)98-76-52(36-86)72(94-48(15)16)70(92-46(11)12)50(34-84)74(76)96-66)24-23-79(21)39-82(59-31-64(90-44(7)8)62(27-55(59)79)88-42(3)4)38-78(19,20)54-26-65-67(30-58(54)82)97-75-51(35-85)71(93-47(13)14)69(91-45(9)10)49(33-83)73(75)95-65/h25-32,41-48H,23-24,37-40H2,1-22H3. The van der Waals surface area contributed by atoms with Crippen LogP contribution in [0.4, 0.5) is 0 Å². The molecular weight excluding hydrogens is 1230 g/mol. The van der Waals surface area contributed by atoms with Gasteiger partial charge in [0, 0.05) is 10.8 Å². The maximum atomic E-state index is 11.1. The van der Waals surface area contributed by atoms with Gasteiger partial charge >= 0.3 is 0 Å². The van der Waals surface area contributed by atoms with E-state index in [2.05, 4.69) is 114 Å². The van der Waals surface area contributed by atoms with Crippen molar-refractivity contribution in [2.45, 2.75) is 272 Å². The van der Waals surface area contributed by atoms with Crippen molar-refractivity contribution in [3.05, 3.63) is 115 Å². The lowest BCUT2D eigenvalue weighted by molar-refractivity contribution is 0.195. The summed E-state index contributed by atoms with van der Waals surface area (Å²) in [6.45, 7) is 45.2. The molecule has 2 spiro atoms. The van der Waals surface area contributed by atoms with Crippen LogP contribution in [-0.2, 0) is 32.5 Å². The zero-order valence-electron chi connectivity index (χ0n) is 61.2. The Balaban J connectivity index is 1.04. The van der Waals surface area contributed by atoms with Crippen LogP contribution in [0.2, 0.25) is 0 Å². The van der Waals surface area contributed by atoms with Gasteiger partial charge < -0.3 is 56.8 Å². The van der Waals surface area contributed by atoms with E-state index in [0.717, 1.165) is 52.6 Å². The average Bonchev–Trinajstić information content (AvgIpc) is 1.52. The maximum absolute atomic E-state index is 11.1. The van der Waals surface area contributed by atoms with Crippen LogP contribution in [0.3, 0.4) is 0 Å². The second-order valence-electron chi connectivity index (χ2n) is 32.0. The third-order valence-electron chi connectivity index (χ3n) is 20.1. The molecule has 98 heavy (non-hydrogen) atoms. The van der Waals surface area contributed by atoms with Crippen molar-refractivity contribution in [1.82, 2.24) is 0 Å². The molecule has 0 fully saturated rings. The van der Waals surface area contributed by atoms with E-state index in [4.69, 9.17) is 56.8 Å². The lowest BCUT2D eigenvalue weighted by Gasteiger charge is -2.36. The summed E-state index contributed by atoms with van der Waals surface area (Å²) in [5.41, 5.74) is 6.24. The summed E-state index contributed by atoms with van der Waals surface area (Å²) >= 11 is 0. The predicted octanol–water partition coefficient (Wildman–Crippen LogP) is 20.0. The second-order valence-corrected chi connectivity index (χ2v) is 32.0. The molecule has 514 valence electrons. The summed E-state index contributed by atoms with van der Waals surface area (Å²) < 4.78 is 80.1. The van der Waals surface area contributed by atoms with Crippen molar-refractivity contribution in [1.29, 1.82) is 21.0 Å². The van der Waals surface area contributed by atoms with Crippen molar-refractivity contribution in [2.75, 3.05) is 0 Å². The Morgan fingerprint density at radius 1 is 0.306 bits per heavy atom. The zero-order valence-corrected chi connectivity index (χ0v) is 61.2. The van der Waals surface area contributed by atoms with Gasteiger partial charge in [-0.2, -0.15) is 21.0 Å². The third-order valence-corrected chi connectivity index (χ3v) is 20.1. The molecule has 0 aromatic heterocycles. The topological polar surface area (TPSA) is 206 Å². The Labute approximate surface area is 578 Å². The number of nitrogens with zero attached hydrogens (tertiary/aromatic N) is 4. The van der Waals surface area contributed by atoms with E-state index in [-0.39, 0.29) is 122 Å². The molecule has 6 aromatic carbocycles. The van der Waals surface area contributed by atoms with Gasteiger partial charge in [0.1, 0.15) is 46.5 Å². The summed E-state index contributed by atoms with van der Waals surface area (Å²) in [6.07, 6.45) is 2.31. The van der Waals surface area contributed by atoms with Gasteiger partial charge in [-0.1, -0.05) is 41.5 Å². The molecule has 2 aliphatic heterocycles. The lowest BCUT2D eigenvalue weighted by atomic mass is 9.67. The monoisotopic (exact) mass is 1330 g/mol. The van der Waals surface area contributed by atoms with Crippen LogP contribution in [0.25, 0.3) is 0 Å². The van der Waals surface area contributed by atoms with E-state index in [1.807, 2.05) is 111 Å². The molecule has 4 atom stereocenters. The molecule has 0 N–H and O–H groups in total. The van der Waals surface area contributed by atoms with Gasteiger partial charge in [-0.25, -0.2) is 0 Å². The highest BCUT2D eigenvalue weighted by Gasteiger charge is 2.62. The summed E-state index contributed by atoms with van der Waals surface area (Å²) in [5, 5.41) is 44.0. The third kappa shape index (κ3) is 11.3. The number of hydrogen-bond acceptors (Lipinski definition) is 16. The van der Waals surface area contributed by atoms with Gasteiger partial charge in [0.25, 0.3) is 0 Å². The molecule has 6 aliphatic rings. The Kier molecular flexibility index (Phi) is 17.1. The Morgan fingerprint density at radius 2 is 0.520 bits per heavy atom.